The first-order valence-electron chi connectivity index (χ1n) is 12.0. The lowest BCUT2D eigenvalue weighted by atomic mass is 9.90. The van der Waals surface area contributed by atoms with Gasteiger partial charge < -0.3 is 5.73 Å². The largest absolute Gasteiger partial charge is 0.330 e. The van der Waals surface area contributed by atoms with Crippen molar-refractivity contribution in [1.82, 2.24) is 0 Å². The van der Waals surface area contributed by atoms with Crippen LogP contribution in [0.15, 0.2) is 0 Å². The van der Waals surface area contributed by atoms with Gasteiger partial charge in [-0.1, -0.05) is 129 Å². The van der Waals surface area contributed by atoms with E-state index in [2.05, 4.69) is 13.8 Å². The average molecular weight is 354 g/mol. The van der Waals surface area contributed by atoms with E-state index in [1.165, 1.54) is 128 Å². The second kappa shape index (κ2) is 22.0. The molecule has 0 aromatic rings. The maximum Gasteiger partial charge on any atom is -0.00772 e. The topological polar surface area (TPSA) is 26.0 Å². The van der Waals surface area contributed by atoms with Crippen LogP contribution < -0.4 is 5.73 Å². The summed E-state index contributed by atoms with van der Waals surface area (Å²) in [7, 11) is 0. The SMILES string of the molecule is CCCCCCCCCCC(CCCN)CCCCCCCCCC. The van der Waals surface area contributed by atoms with E-state index >= 15 is 0 Å². The van der Waals surface area contributed by atoms with Crippen molar-refractivity contribution in [2.24, 2.45) is 11.7 Å². The molecule has 1 heteroatoms. The predicted molar refractivity (Wildman–Crippen MR) is 116 cm³/mol. The Labute approximate surface area is 160 Å². The molecule has 0 heterocycles. The molecule has 0 aromatic carbocycles. The van der Waals surface area contributed by atoms with Crippen LogP contribution in [0, 0.1) is 5.92 Å². The first-order valence-corrected chi connectivity index (χ1v) is 12.0. The fourth-order valence-electron chi connectivity index (χ4n) is 3.97. The van der Waals surface area contributed by atoms with E-state index in [4.69, 9.17) is 5.73 Å². The molecule has 0 spiro atoms. The van der Waals surface area contributed by atoms with Crippen LogP contribution in [0.25, 0.3) is 0 Å². The van der Waals surface area contributed by atoms with Crippen LogP contribution in [0.4, 0.5) is 0 Å². The van der Waals surface area contributed by atoms with E-state index in [0.717, 1.165) is 12.5 Å². The summed E-state index contributed by atoms with van der Waals surface area (Å²) >= 11 is 0. The highest BCUT2D eigenvalue weighted by Gasteiger charge is 2.08. The maximum atomic E-state index is 5.75. The van der Waals surface area contributed by atoms with Crippen molar-refractivity contribution in [3.8, 4) is 0 Å². The summed E-state index contributed by atoms with van der Waals surface area (Å²) < 4.78 is 0. The molecular weight excluding hydrogens is 302 g/mol. The molecule has 152 valence electrons. The van der Waals surface area contributed by atoms with Gasteiger partial charge in [-0.25, -0.2) is 0 Å². The third-order valence-electron chi connectivity index (χ3n) is 5.75. The van der Waals surface area contributed by atoms with Gasteiger partial charge in [0.15, 0.2) is 0 Å². The lowest BCUT2D eigenvalue weighted by Crippen LogP contribution is -2.06. The molecule has 0 aliphatic carbocycles. The number of rotatable bonds is 21. The molecule has 0 aromatic heterocycles. The Morgan fingerprint density at radius 3 is 1.12 bits per heavy atom. The van der Waals surface area contributed by atoms with Crippen molar-refractivity contribution in [3.63, 3.8) is 0 Å². The molecule has 0 aliphatic rings. The zero-order chi connectivity index (χ0) is 18.4. The third kappa shape index (κ3) is 20.1. The Hall–Kier alpha value is -0.0400. The lowest BCUT2D eigenvalue weighted by Gasteiger charge is -2.16. The fourth-order valence-corrected chi connectivity index (χ4v) is 3.97. The smallest absolute Gasteiger partial charge is 0.00772 e. The number of hydrogen-bond donors (Lipinski definition) is 1. The van der Waals surface area contributed by atoms with Crippen LogP contribution in [0.2, 0.25) is 0 Å². The quantitative estimate of drug-likeness (QED) is 0.206. The van der Waals surface area contributed by atoms with E-state index in [-0.39, 0.29) is 0 Å². The molecule has 0 saturated heterocycles. The van der Waals surface area contributed by atoms with Gasteiger partial charge in [0, 0.05) is 0 Å². The highest BCUT2D eigenvalue weighted by Crippen LogP contribution is 2.23. The standard InChI is InChI=1S/C24H51N/c1-3-5-7-9-11-13-15-17-20-24(22-19-23-25)21-18-16-14-12-10-8-6-4-2/h24H,3-23,25H2,1-2H3. The van der Waals surface area contributed by atoms with Gasteiger partial charge >= 0.3 is 0 Å². The van der Waals surface area contributed by atoms with Crippen LogP contribution in [-0.4, -0.2) is 6.54 Å². The van der Waals surface area contributed by atoms with Gasteiger partial charge in [0.1, 0.15) is 0 Å². The van der Waals surface area contributed by atoms with Crippen molar-refractivity contribution < 1.29 is 0 Å². The highest BCUT2D eigenvalue weighted by molar-refractivity contribution is 4.62. The van der Waals surface area contributed by atoms with Crippen LogP contribution in [0.1, 0.15) is 142 Å². The Kier molecular flexibility index (Phi) is 22.0. The number of unbranched alkanes of at least 4 members (excludes halogenated alkanes) is 14. The highest BCUT2D eigenvalue weighted by atomic mass is 14.5. The number of hydrogen-bond acceptors (Lipinski definition) is 1. The predicted octanol–water partition coefficient (Wildman–Crippen LogP) is 8.40. The van der Waals surface area contributed by atoms with Crippen LogP contribution >= 0.6 is 0 Å². The molecule has 1 nitrogen and oxygen atoms in total. The summed E-state index contributed by atoms with van der Waals surface area (Å²) in [5, 5.41) is 0. The molecule has 25 heavy (non-hydrogen) atoms. The molecule has 0 fully saturated rings. The third-order valence-corrected chi connectivity index (χ3v) is 5.75. The molecule has 0 amide bonds. The summed E-state index contributed by atoms with van der Waals surface area (Å²) in [6, 6.07) is 0. The molecule has 0 rings (SSSR count). The molecule has 0 saturated carbocycles. The van der Waals surface area contributed by atoms with Gasteiger partial charge in [0.25, 0.3) is 0 Å². The van der Waals surface area contributed by atoms with Crippen LogP contribution in [0.5, 0.6) is 0 Å². The van der Waals surface area contributed by atoms with Gasteiger partial charge in [-0.05, 0) is 25.3 Å². The number of nitrogens with two attached hydrogens (primary N) is 1. The molecule has 0 unspecified atom stereocenters. The minimum absolute atomic E-state index is 0.880. The van der Waals surface area contributed by atoms with Gasteiger partial charge in [0.05, 0.1) is 0 Å². The average Bonchev–Trinajstić information content (AvgIpc) is 2.63. The van der Waals surface area contributed by atoms with Crippen LogP contribution in [0.3, 0.4) is 0 Å². The van der Waals surface area contributed by atoms with Crippen molar-refractivity contribution >= 4 is 0 Å². The Morgan fingerprint density at radius 1 is 0.440 bits per heavy atom. The summed E-state index contributed by atoms with van der Waals surface area (Å²) in [4.78, 5) is 0. The molecule has 0 bridgehead atoms. The second-order valence-corrected chi connectivity index (χ2v) is 8.32. The maximum absolute atomic E-state index is 5.75. The summed E-state index contributed by atoms with van der Waals surface area (Å²) in [6.45, 7) is 5.48. The monoisotopic (exact) mass is 353 g/mol. The van der Waals surface area contributed by atoms with E-state index in [1.54, 1.807) is 0 Å². The van der Waals surface area contributed by atoms with Crippen molar-refractivity contribution in [1.29, 1.82) is 0 Å². The second-order valence-electron chi connectivity index (χ2n) is 8.32. The summed E-state index contributed by atoms with van der Waals surface area (Å²) in [5.41, 5.74) is 5.75. The zero-order valence-electron chi connectivity index (χ0n) is 18.0. The van der Waals surface area contributed by atoms with Crippen molar-refractivity contribution in [3.05, 3.63) is 0 Å². The van der Waals surface area contributed by atoms with Crippen molar-refractivity contribution in [2.75, 3.05) is 6.54 Å². The Bertz CT molecular complexity index is 206. The first kappa shape index (κ1) is 25.0. The normalized spacial score (nSPS) is 11.5. The minimum Gasteiger partial charge on any atom is -0.330 e. The van der Waals surface area contributed by atoms with Gasteiger partial charge in [0.2, 0.25) is 0 Å². The Balaban J connectivity index is 3.54. The van der Waals surface area contributed by atoms with Crippen LogP contribution in [-0.2, 0) is 0 Å². The van der Waals surface area contributed by atoms with E-state index in [1.807, 2.05) is 0 Å². The fraction of sp³-hybridized carbons (Fsp3) is 1.00. The van der Waals surface area contributed by atoms with Gasteiger partial charge in [-0.2, -0.15) is 0 Å². The molecular formula is C24H51N. The van der Waals surface area contributed by atoms with Gasteiger partial charge in [-0.3, -0.25) is 0 Å². The molecule has 0 atom stereocenters. The lowest BCUT2D eigenvalue weighted by molar-refractivity contribution is 0.373. The molecule has 0 aliphatic heterocycles. The van der Waals surface area contributed by atoms with E-state index < -0.39 is 0 Å². The molecule has 2 N–H and O–H groups in total. The summed E-state index contributed by atoms with van der Waals surface area (Å²) in [6.07, 6.45) is 28.6. The van der Waals surface area contributed by atoms with E-state index in [9.17, 15) is 0 Å². The zero-order valence-corrected chi connectivity index (χ0v) is 18.0. The van der Waals surface area contributed by atoms with E-state index in [0.29, 0.717) is 0 Å². The van der Waals surface area contributed by atoms with Gasteiger partial charge in [-0.15, -0.1) is 0 Å². The minimum atomic E-state index is 0.880. The Morgan fingerprint density at radius 2 is 0.760 bits per heavy atom. The van der Waals surface area contributed by atoms with Crippen molar-refractivity contribution in [2.45, 2.75) is 142 Å². The first-order chi connectivity index (χ1) is 12.3. The summed E-state index contributed by atoms with van der Waals surface area (Å²) in [5.74, 6) is 0.962. The molecule has 0 radical (unpaired) electrons.